The molecule has 25 heavy (non-hydrogen) atoms. The van der Waals surface area contributed by atoms with Gasteiger partial charge in [0.15, 0.2) is 0 Å². The highest BCUT2D eigenvalue weighted by atomic mass is 16.7. The number of amides is 2. The van der Waals surface area contributed by atoms with Crippen molar-refractivity contribution in [2.45, 2.75) is 31.9 Å². The van der Waals surface area contributed by atoms with Crippen LogP contribution in [0.1, 0.15) is 35.2 Å². The van der Waals surface area contributed by atoms with Crippen molar-refractivity contribution in [1.29, 1.82) is 0 Å². The Hall–Kier alpha value is -1.96. The van der Waals surface area contributed by atoms with Crippen molar-refractivity contribution in [3.8, 4) is 0 Å². The number of nitrogens with zero attached hydrogens (tertiary/aromatic N) is 1. The molecular weight excluding hydrogens is 324 g/mol. The summed E-state index contributed by atoms with van der Waals surface area (Å²) in [4.78, 5) is 30.1. The number of hydrogen-bond donors (Lipinski definition) is 1. The molecule has 1 heterocycles. The first-order valence-electron chi connectivity index (χ1n) is 8.49. The molecule has 1 atom stereocenters. The number of rotatable bonds is 2. The van der Waals surface area contributed by atoms with Crippen LogP contribution in [-0.4, -0.2) is 56.9 Å². The van der Waals surface area contributed by atoms with Gasteiger partial charge in [-0.1, -0.05) is 18.2 Å². The monoisotopic (exact) mass is 350 g/mol. The minimum atomic E-state index is -0.644. The zero-order valence-electron chi connectivity index (χ0n) is 14.8. The van der Waals surface area contributed by atoms with E-state index in [-0.39, 0.29) is 11.8 Å². The third-order valence-electron chi connectivity index (χ3n) is 4.11. The van der Waals surface area contributed by atoms with E-state index in [1.165, 1.54) is 14.2 Å². The number of fused-ring (bicyclic) bond motifs is 1. The summed E-state index contributed by atoms with van der Waals surface area (Å²) in [6.07, 6.45) is 2.10. The summed E-state index contributed by atoms with van der Waals surface area (Å²) in [6.45, 7) is 1.93. The number of likely N-dealkylation sites (N-methyl/N-ethyl adjacent to an activating group) is 1. The Bertz CT molecular complexity index is 578. The average Bonchev–Trinajstić information content (AvgIpc) is 2.64. The first-order valence-corrected chi connectivity index (χ1v) is 8.49. The topological polar surface area (TPSA) is 77.1 Å². The summed E-state index contributed by atoms with van der Waals surface area (Å²) in [5, 5.41) is 3.97. The normalized spacial score (nSPS) is 20.1. The molecule has 0 saturated heterocycles. The second-order valence-electron chi connectivity index (χ2n) is 5.86. The molecular formula is C18H26N2O5. The SMILES string of the molecule is CON(C)C(=O)[C@@H]1CCCCOCCOCc2ccccc2C(=O)N1. The Morgan fingerprint density at radius 3 is 2.76 bits per heavy atom. The van der Waals surface area contributed by atoms with Crippen LogP contribution in [0.25, 0.3) is 0 Å². The largest absolute Gasteiger partial charge is 0.379 e. The van der Waals surface area contributed by atoms with Gasteiger partial charge in [-0.15, -0.1) is 0 Å². The Kier molecular flexibility index (Phi) is 7.84. The Balaban J connectivity index is 2.19. The highest BCUT2D eigenvalue weighted by molar-refractivity contribution is 5.98. The Labute approximate surface area is 148 Å². The Morgan fingerprint density at radius 1 is 1.20 bits per heavy atom. The van der Waals surface area contributed by atoms with Gasteiger partial charge in [0.25, 0.3) is 11.8 Å². The lowest BCUT2D eigenvalue weighted by Crippen LogP contribution is -2.47. The fourth-order valence-corrected chi connectivity index (χ4v) is 2.63. The van der Waals surface area contributed by atoms with Crippen LogP contribution in [-0.2, 0) is 25.7 Å². The van der Waals surface area contributed by atoms with Crippen LogP contribution >= 0.6 is 0 Å². The molecule has 2 amide bonds. The van der Waals surface area contributed by atoms with Crippen LogP contribution < -0.4 is 5.32 Å². The highest BCUT2D eigenvalue weighted by Crippen LogP contribution is 2.13. The van der Waals surface area contributed by atoms with E-state index in [1.807, 2.05) is 12.1 Å². The van der Waals surface area contributed by atoms with Crippen LogP contribution in [0, 0.1) is 0 Å². The Morgan fingerprint density at radius 2 is 1.96 bits per heavy atom. The van der Waals surface area contributed by atoms with E-state index in [9.17, 15) is 9.59 Å². The number of hydrogen-bond acceptors (Lipinski definition) is 5. The molecule has 1 N–H and O–H groups in total. The van der Waals surface area contributed by atoms with E-state index in [2.05, 4.69) is 5.32 Å². The zero-order valence-corrected chi connectivity index (χ0v) is 14.8. The van der Waals surface area contributed by atoms with E-state index < -0.39 is 6.04 Å². The second-order valence-corrected chi connectivity index (χ2v) is 5.86. The smallest absolute Gasteiger partial charge is 0.268 e. The van der Waals surface area contributed by atoms with Gasteiger partial charge in [-0.25, -0.2) is 5.06 Å². The lowest BCUT2D eigenvalue weighted by Gasteiger charge is -2.23. The van der Waals surface area contributed by atoms with Crippen molar-refractivity contribution in [3.05, 3.63) is 35.4 Å². The number of ether oxygens (including phenoxy) is 2. The maximum atomic E-state index is 12.7. The van der Waals surface area contributed by atoms with Crippen molar-refractivity contribution >= 4 is 11.8 Å². The third kappa shape index (κ3) is 5.81. The van der Waals surface area contributed by atoms with Gasteiger partial charge in [0.05, 0.1) is 26.9 Å². The van der Waals surface area contributed by atoms with Crippen LogP contribution in [0.3, 0.4) is 0 Å². The molecule has 138 valence electrons. The van der Waals surface area contributed by atoms with Gasteiger partial charge in [0.1, 0.15) is 6.04 Å². The van der Waals surface area contributed by atoms with E-state index in [0.29, 0.717) is 38.4 Å². The summed E-state index contributed by atoms with van der Waals surface area (Å²) < 4.78 is 11.1. The first kappa shape index (κ1) is 19.4. The number of hydroxylamine groups is 2. The van der Waals surface area contributed by atoms with Gasteiger partial charge in [0, 0.05) is 19.2 Å². The predicted octanol–water partition coefficient (Wildman–Crippen LogP) is 1.52. The number of carbonyl (C=O) groups is 2. The summed E-state index contributed by atoms with van der Waals surface area (Å²) in [5.41, 5.74) is 1.29. The number of benzene rings is 1. The van der Waals surface area contributed by atoms with E-state index in [4.69, 9.17) is 14.3 Å². The second kappa shape index (κ2) is 10.1. The molecule has 1 aliphatic heterocycles. The van der Waals surface area contributed by atoms with E-state index in [1.54, 1.807) is 12.1 Å². The summed E-state index contributed by atoms with van der Waals surface area (Å²) in [6, 6.07) is 6.59. The van der Waals surface area contributed by atoms with Gasteiger partial charge in [0.2, 0.25) is 0 Å². The highest BCUT2D eigenvalue weighted by Gasteiger charge is 2.25. The van der Waals surface area contributed by atoms with Gasteiger partial charge >= 0.3 is 0 Å². The molecule has 0 aliphatic carbocycles. The molecule has 0 bridgehead atoms. The number of nitrogens with one attached hydrogen (secondary N) is 1. The van der Waals surface area contributed by atoms with E-state index >= 15 is 0 Å². The average molecular weight is 350 g/mol. The van der Waals surface area contributed by atoms with Crippen molar-refractivity contribution in [2.75, 3.05) is 34.0 Å². The summed E-state index contributed by atoms with van der Waals surface area (Å²) in [5.74, 6) is -0.562. The van der Waals surface area contributed by atoms with E-state index in [0.717, 1.165) is 23.5 Å². The molecule has 1 aromatic rings. The number of carbonyl (C=O) groups excluding carboxylic acids is 2. The molecule has 7 heteroatoms. The molecule has 0 radical (unpaired) electrons. The molecule has 7 nitrogen and oxygen atoms in total. The van der Waals surface area contributed by atoms with Crippen molar-refractivity contribution < 1.29 is 23.9 Å². The summed E-state index contributed by atoms with van der Waals surface area (Å²) in [7, 11) is 2.95. The summed E-state index contributed by atoms with van der Waals surface area (Å²) >= 11 is 0. The molecule has 0 fully saturated rings. The van der Waals surface area contributed by atoms with Crippen molar-refractivity contribution in [1.82, 2.24) is 10.4 Å². The third-order valence-corrected chi connectivity index (χ3v) is 4.11. The van der Waals surface area contributed by atoms with Crippen LogP contribution in [0.5, 0.6) is 0 Å². The predicted molar refractivity (Wildman–Crippen MR) is 91.8 cm³/mol. The molecule has 0 aromatic heterocycles. The molecule has 1 aromatic carbocycles. The van der Waals surface area contributed by atoms with Crippen LogP contribution in [0.4, 0.5) is 0 Å². The van der Waals surface area contributed by atoms with Gasteiger partial charge in [-0.05, 0) is 30.9 Å². The molecule has 0 unspecified atom stereocenters. The minimum Gasteiger partial charge on any atom is -0.379 e. The maximum absolute atomic E-state index is 12.7. The lowest BCUT2D eigenvalue weighted by molar-refractivity contribution is -0.171. The zero-order chi connectivity index (χ0) is 18.1. The van der Waals surface area contributed by atoms with Crippen molar-refractivity contribution in [3.63, 3.8) is 0 Å². The molecule has 2 rings (SSSR count). The maximum Gasteiger partial charge on any atom is 0.268 e. The fourth-order valence-electron chi connectivity index (χ4n) is 2.63. The lowest BCUT2D eigenvalue weighted by atomic mass is 10.0. The van der Waals surface area contributed by atoms with Gasteiger partial charge in [-0.2, -0.15) is 0 Å². The molecule has 1 aliphatic rings. The molecule has 0 spiro atoms. The van der Waals surface area contributed by atoms with Gasteiger partial charge in [-0.3, -0.25) is 14.4 Å². The fraction of sp³-hybridized carbons (Fsp3) is 0.556. The van der Waals surface area contributed by atoms with Crippen molar-refractivity contribution in [2.24, 2.45) is 0 Å². The van der Waals surface area contributed by atoms with Crippen LogP contribution in [0.2, 0.25) is 0 Å². The molecule has 0 saturated carbocycles. The van der Waals surface area contributed by atoms with Crippen LogP contribution in [0.15, 0.2) is 24.3 Å². The first-order chi connectivity index (χ1) is 12.1. The van der Waals surface area contributed by atoms with Gasteiger partial charge < -0.3 is 14.8 Å². The quantitative estimate of drug-likeness (QED) is 0.819. The standard InChI is InChI=1S/C18H26N2O5/c1-20(23-2)18(22)16-9-5-6-10-24-11-12-25-13-14-7-3-4-8-15(14)17(21)19-16/h3-4,7-8,16H,5-6,9-13H2,1-2H3,(H,19,21)/t16-/m0/s1. The minimum absolute atomic E-state index is 0.280.